The van der Waals surface area contributed by atoms with Crippen LogP contribution >= 0.6 is 0 Å². The molecule has 0 bridgehead atoms. The van der Waals surface area contributed by atoms with Gasteiger partial charge in [-0.15, -0.1) is 0 Å². The van der Waals surface area contributed by atoms with Crippen LogP contribution in [0.1, 0.15) is 5.56 Å². The Bertz CT molecular complexity index is 485. The topological polar surface area (TPSA) is 102 Å². The fourth-order valence-electron chi connectivity index (χ4n) is 1.30. The molecule has 1 rings (SSSR count). The Kier molecular flexibility index (Phi) is 5.34. The first kappa shape index (κ1) is 14.5. The number of rotatable bonds is 5. The fraction of sp³-hybridized carbons (Fsp3) is 0.250. The molecule has 1 aromatic rings. The van der Waals surface area contributed by atoms with Gasteiger partial charge in [0.2, 0.25) is 0 Å². The van der Waals surface area contributed by atoms with E-state index < -0.39 is 24.6 Å². The van der Waals surface area contributed by atoms with Crippen molar-refractivity contribution < 1.29 is 29.0 Å². The zero-order chi connectivity index (χ0) is 14.3. The molecule has 7 nitrogen and oxygen atoms in total. The van der Waals surface area contributed by atoms with Crippen molar-refractivity contribution >= 4 is 18.0 Å². The zero-order valence-electron chi connectivity index (χ0n) is 10.2. The lowest BCUT2D eigenvalue weighted by Gasteiger charge is -2.09. The summed E-state index contributed by atoms with van der Waals surface area (Å²) in [7, 11) is 1.13. The number of nitrogens with one attached hydrogen (secondary N) is 1. The van der Waals surface area contributed by atoms with Crippen molar-refractivity contribution in [1.82, 2.24) is 5.32 Å². The number of imide groups is 1. The van der Waals surface area contributed by atoms with Gasteiger partial charge >= 0.3 is 12.1 Å². The largest absolute Gasteiger partial charge is 0.483 e. The molecule has 0 radical (unpaired) electrons. The van der Waals surface area contributed by atoms with E-state index in [1.165, 1.54) is 0 Å². The summed E-state index contributed by atoms with van der Waals surface area (Å²) in [6, 6.07) is 6.45. The highest BCUT2D eigenvalue weighted by molar-refractivity contribution is 5.92. The molecule has 19 heavy (non-hydrogen) atoms. The normalized spacial score (nSPS) is 9.53. The minimum absolute atomic E-state index is 0.213. The number of hydrogen-bond acceptors (Lipinski definition) is 5. The van der Waals surface area contributed by atoms with Gasteiger partial charge in [0.25, 0.3) is 5.91 Å². The molecule has 0 heterocycles. The number of aliphatic carboxylic acids is 1. The van der Waals surface area contributed by atoms with Crippen molar-refractivity contribution in [3.05, 3.63) is 29.8 Å². The molecule has 2 amide bonds. The number of alkyl carbamates (subject to hydrolysis) is 1. The first-order valence-corrected chi connectivity index (χ1v) is 5.33. The third kappa shape index (κ3) is 5.07. The van der Waals surface area contributed by atoms with Crippen LogP contribution in [0.2, 0.25) is 0 Å². The van der Waals surface area contributed by atoms with Gasteiger partial charge in [0, 0.05) is 5.56 Å². The molecule has 0 fully saturated rings. The van der Waals surface area contributed by atoms with Gasteiger partial charge in [0.15, 0.2) is 6.61 Å². The first-order valence-electron chi connectivity index (χ1n) is 5.33. The van der Waals surface area contributed by atoms with Crippen LogP contribution in [0.5, 0.6) is 5.75 Å². The number of carboxylic acid groups (broad SMARTS) is 1. The van der Waals surface area contributed by atoms with Crippen molar-refractivity contribution in [3.8, 4) is 5.75 Å². The summed E-state index contributed by atoms with van der Waals surface area (Å²) in [6.45, 7) is -0.411. The molecule has 2 N–H and O–H groups in total. The van der Waals surface area contributed by atoms with E-state index in [0.717, 1.165) is 7.11 Å². The molecule has 0 aliphatic rings. The standard InChI is InChI=1S/C12H13NO6/c1-18-12(17)13-10(14)7-19-9-5-3-2-4-8(9)6-11(15)16/h2-5H,6-7H2,1H3,(H,15,16)(H,13,14,17). The van der Waals surface area contributed by atoms with Crippen LogP contribution < -0.4 is 10.1 Å². The highest BCUT2D eigenvalue weighted by atomic mass is 16.5. The molecule has 0 aliphatic heterocycles. The average molecular weight is 267 g/mol. The highest BCUT2D eigenvalue weighted by Gasteiger charge is 2.11. The van der Waals surface area contributed by atoms with E-state index in [-0.39, 0.29) is 12.2 Å². The fourth-order valence-corrected chi connectivity index (χ4v) is 1.30. The lowest BCUT2D eigenvalue weighted by molar-refractivity contribution is -0.136. The lowest BCUT2D eigenvalue weighted by atomic mass is 10.1. The molecule has 0 atom stereocenters. The van der Waals surface area contributed by atoms with Crippen LogP contribution in [0, 0.1) is 0 Å². The van der Waals surface area contributed by atoms with Crippen LogP contribution in [0.25, 0.3) is 0 Å². The summed E-state index contributed by atoms with van der Waals surface area (Å²) in [6.07, 6.45) is -1.10. The maximum atomic E-state index is 11.3. The predicted molar refractivity (Wildman–Crippen MR) is 63.8 cm³/mol. The van der Waals surface area contributed by atoms with Gasteiger partial charge in [-0.05, 0) is 6.07 Å². The third-order valence-electron chi connectivity index (χ3n) is 2.10. The number of hydrogen-bond donors (Lipinski definition) is 2. The molecular weight excluding hydrogens is 254 g/mol. The molecule has 0 spiro atoms. The molecule has 1 aromatic carbocycles. The van der Waals surface area contributed by atoms with E-state index in [2.05, 4.69) is 4.74 Å². The second-order valence-corrected chi connectivity index (χ2v) is 3.51. The number of amides is 2. The van der Waals surface area contributed by atoms with E-state index in [4.69, 9.17) is 9.84 Å². The van der Waals surface area contributed by atoms with Crippen molar-refractivity contribution in [1.29, 1.82) is 0 Å². The summed E-state index contributed by atoms with van der Waals surface area (Å²) in [5.74, 6) is -1.41. The summed E-state index contributed by atoms with van der Waals surface area (Å²) < 4.78 is 9.41. The molecule has 7 heteroatoms. The van der Waals surface area contributed by atoms with Crippen molar-refractivity contribution in [2.45, 2.75) is 6.42 Å². The maximum absolute atomic E-state index is 11.3. The number of carbonyl (C=O) groups is 3. The quantitative estimate of drug-likeness (QED) is 0.808. The number of methoxy groups -OCH3 is 1. The van der Waals surface area contributed by atoms with Gasteiger partial charge < -0.3 is 14.6 Å². The summed E-state index contributed by atoms with van der Waals surface area (Å²) in [5.41, 5.74) is 0.445. The minimum atomic E-state index is -1.00. The van der Waals surface area contributed by atoms with Gasteiger partial charge in [-0.25, -0.2) is 4.79 Å². The molecule has 0 aromatic heterocycles. The van der Waals surface area contributed by atoms with E-state index in [1.807, 2.05) is 5.32 Å². The van der Waals surface area contributed by atoms with E-state index in [9.17, 15) is 14.4 Å². The number of benzene rings is 1. The number of carboxylic acids is 1. The van der Waals surface area contributed by atoms with Crippen molar-refractivity contribution in [2.24, 2.45) is 0 Å². The van der Waals surface area contributed by atoms with Gasteiger partial charge in [0.05, 0.1) is 13.5 Å². The van der Waals surface area contributed by atoms with Crippen LogP contribution in [-0.4, -0.2) is 36.8 Å². The second-order valence-electron chi connectivity index (χ2n) is 3.51. The molecular formula is C12H13NO6. The molecule has 0 saturated carbocycles. The Morgan fingerprint density at radius 1 is 1.26 bits per heavy atom. The van der Waals surface area contributed by atoms with Crippen LogP contribution in [0.4, 0.5) is 4.79 Å². The maximum Gasteiger partial charge on any atom is 0.413 e. The Hall–Kier alpha value is -2.57. The molecule has 0 unspecified atom stereocenters. The third-order valence-corrected chi connectivity index (χ3v) is 2.10. The number of para-hydroxylation sites is 1. The van der Waals surface area contributed by atoms with E-state index >= 15 is 0 Å². The van der Waals surface area contributed by atoms with Crippen LogP contribution in [0.15, 0.2) is 24.3 Å². The number of ether oxygens (including phenoxy) is 2. The van der Waals surface area contributed by atoms with E-state index in [1.54, 1.807) is 24.3 Å². The minimum Gasteiger partial charge on any atom is -0.483 e. The average Bonchev–Trinajstić information content (AvgIpc) is 2.37. The van der Waals surface area contributed by atoms with Crippen LogP contribution in [-0.2, 0) is 20.7 Å². The Morgan fingerprint density at radius 2 is 1.95 bits per heavy atom. The Labute approximate surface area is 109 Å². The summed E-state index contributed by atoms with van der Waals surface area (Å²) in [5, 5.41) is 10.6. The molecule has 0 aliphatic carbocycles. The monoisotopic (exact) mass is 267 g/mol. The predicted octanol–water partition coefficient (Wildman–Crippen LogP) is 0.575. The Morgan fingerprint density at radius 3 is 2.58 bits per heavy atom. The van der Waals surface area contributed by atoms with Gasteiger partial charge in [0.1, 0.15) is 5.75 Å². The van der Waals surface area contributed by atoms with Crippen molar-refractivity contribution in [2.75, 3.05) is 13.7 Å². The lowest BCUT2D eigenvalue weighted by Crippen LogP contribution is -2.34. The Balaban J connectivity index is 2.60. The van der Waals surface area contributed by atoms with Gasteiger partial charge in [-0.2, -0.15) is 0 Å². The van der Waals surface area contributed by atoms with Gasteiger partial charge in [-0.1, -0.05) is 18.2 Å². The zero-order valence-corrected chi connectivity index (χ0v) is 10.2. The van der Waals surface area contributed by atoms with Gasteiger partial charge in [-0.3, -0.25) is 14.9 Å². The first-order chi connectivity index (χ1) is 9.02. The highest BCUT2D eigenvalue weighted by Crippen LogP contribution is 2.18. The molecule has 0 saturated heterocycles. The smallest absolute Gasteiger partial charge is 0.413 e. The molecule has 102 valence electrons. The van der Waals surface area contributed by atoms with E-state index in [0.29, 0.717) is 5.56 Å². The van der Waals surface area contributed by atoms with Crippen LogP contribution in [0.3, 0.4) is 0 Å². The number of carbonyl (C=O) groups excluding carboxylic acids is 2. The van der Waals surface area contributed by atoms with Crippen molar-refractivity contribution in [3.63, 3.8) is 0 Å². The summed E-state index contributed by atoms with van der Waals surface area (Å²) in [4.78, 5) is 32.7. The SMILES string of the molecule is COC(=O)NC(=O)COc1ccccc1CC(=O)O. The summed E-state index contributed by atoms with van der Waals surface area (Å²) >= 11 is 0. The second kappa shape index (κ2) is 7.00.